The van der Waals surface area contributed by atoms with Gasteiger partial charge >= 0.3 is 0 Å². The molecular weight excluding hydrogens is 452 g/mol. The minimum Gasteiger partial charge on any atom is -0.497 e. The summed E-state index contributed by atoms with van der Waals surface area (Å²) in [6.07, 6.45) is 3.12. The first-order valence-electron chi connectivity index (χ1n) is 10.4. The summed E-state index contributed by atoms with van der Waals surface area (Å²) >= 11 is 0. The number of ether oxygens (including phenoxy) is 2. The molecule has 0 saturated heterocycles. The molecular formula is C25H20N4O4S. The van der Waals surface area contributed by atoms with E-state index in [1.54, 1.807) is 67.9 Å². The lowest BCUT2D eigenvalue weighted by Gasteiger charge is -2.38. The molecule has 0 unspecified atom stereocenters. The van der Waals surface area contributed by atoms with Crippen molar-refractivity contribution < 1.29 is 17.9 Å². The van der Waals surface area contributed by atoms with Gasteiger partial charge in [0.2, 0.25) is 5.88 Å². The van der Waals surface area contributed by atoms with Gasteiger partial charge in [0.05, 0.1) is 25.3 Å². The van der Waals surface area contributed by atoms with Crippen LogP contribution in [0, 0.1) is 11.3 Å². The van der Waals surface area contributed by atoms with E-state index >= 15 is 0 Å². The Labute approximate surface area is 197 Å². The van der Waals surface area contributed by atoms with Gasteiger partial charge in [-0.05, 0) is 41.5 Å². The van der Waals surface area contributed by atoms with E-state index in [9.17, 15) is 13.7 Å². The Hall–Kier alpha value is -4.29. The van der Waals surface area contributed by atoms with Gasteiger partial charge in [0.25, 0.3) is 10.0 Å². The first kappa shape index (κ1) is 21.6. The van der Waals surface area contributed by atoms with Crippen molar-refractivity contribution in [3.8, 4) is 11.8 Å². The number of para-hydroxylation sites is 1. The lowest BCUT2D eigenvalue weighted by molar-refractivity contribution is 0.357. The van der Waals surface area contributed by atoms with Crippen LogP contribution in [0.3, 0.4) is 0 Å². The fourth-order valence-corrected chi connectivity index (χ4v) is 6.21. The number of nitrogens with zero attached hydrogens (tertiary/aromatic N) is 3. The summed E-state index contributed by atoms with van der Waals surface area (Å²) in [4.78, 5) is 4.10. The normalized spacial score (nSPS) is 18.5. The molecule has 0 amide bonds. The highest BCUT2D eigenvalue weighted by atomic mass is 32.2. The van der Waals surface area contributed by atoms with E-state index in [4.69, 9.17) is 15.2 Å². The largest absolute Gasteiger partial charge is 0.497 e. The maximum absolute atomic E-state index is 14.2. The van der Waals surface area contributed by atoms with Crippen LogP contribution in [0.1, 0.15) is 22.6 Å². The summed E-state index contributed by atoms with van der Waals surface area (Å²) in [5.41, 5.74) is 8.45. The van der Waals surface area contributed by atoms with E-state index in [1.807, 2.05) is 12.1 Å². The Bertz CT molecular complexity index is 1490. The number of nitrogens with two attached hydrogens (primary N) is 1. The van der Waals surface area contributed by atoms with Crippen molar-refractivity contribution in [2.45, 2.75) is 12.5 Å². The summed E-state index contributed by atoms with van der Waals surface area (Å²) in [6.45, 7) is 0.0637. The van der Waals surface area contributed by atoms with Gasteiger partial charge in [-0.1, -0.05) is 30.3 Å². The molecule has 0 aliphatic carbocycles. The summed E-state index contributed by atoms with van der Waals surface area (Å²) in [5, 5.41) is 9.87. The Balaban J connectivity index is 1.74. The number of sulfonamides is 1. The van der Waals surface area contributed by atoms with Crippen LogP contribution in [-0.2, 0) is 21.3 Å². The van der Waals surface area contributed by atoms with Crippen LogP contribution >= 0.6 is 0 Å². The zero-order valence-corrected chi connectivity index (χ0v) is 19.0. The summed E-state index contributed by atoms with van der Waals surface area (Å²) in [5.74, 6) is -0.324. The van der Waals surface area contributed by atoms with E-state index < -0.39 is 15.9 Å². The Morgan fingerprint density at radius 2 is 2.00 bits per heavy atom. The minimum atomic E-state index is -4.14. The number of anilines is 1. The predicted octanol–water partition coefficient (Wildman–Crippen LogP) is 3.62. The molecule has 3 aromatic rings. The predicted molar refractivity (Wildman–Crippen MR) is 126 cm³/mol. The van der Waals surface area contributed by atoms with E-state index in [0.29, 0.717) is 22.6 Å². The number of methoxy groups -OCH3 is 1. The number of rotatable bonds is 4. The fourth-order valence-electron chi connectivity index (χ4n) is 4.30. The van der Waals surface area contributed by atoms with Crippen molar-refractivity contribution in [1.82, 2.24) is 4.98 Å². The molecule has 2 N–H and O–H groups in total. The monoisotopic (exact) mass is 472 g/mol. The van der Waals surface area contributed by atoms with Gasteiger partial charge < -0.3 is 15.2 Å². The van der Waals surface area contributed by atoms with E-state index in [-0.39, 0.29) is 28.7 Å². The van der Waals surface area contributed by atoms with Crippen molar-refractivity contribution in [2.75, 3.05) is 11.4 Å². The van der Waals surface area contributed by atoms with Gasteiger partial charge in [0.15, 0.2) is 5.76 Å². The van der Waals surface area contributed by atoms with Gasteiger partial charge in [0.1, 0.15) is 22.3 Å². The Kier molecular flexibility index (Phi) is 5.23. The van der Waals surface area contributed by atoms with Crippen molar-refractivity contribution in [2.24, 2.45) is 5.73 Å². The van der Waals surface area contributed by atoms with Crippen LogP contribution in [-0.4, -0.2) is 20.5 Å². The van der Waals surface area contributed by atoms with Crippen molar-refractivity contribution in [3.63, 3.8) is 0 Å². The molecule has 170 valence electrons. The molecule has 2 aromatic carbocycles. The van der Waals surface area contributed by atoms with Crippen LogP contribution < -0.4 is 14.8 Å². The molecule has 0 fully saturated rings. The summed E-state index contributed by atoms with van der Waals surface area (Å²) < 4.78 is 40.8. The average Bonchev–Trinajstić information content (AvgIpc) is 2.86. The number of nitriles is 1. The summed E-state index contributed by atoms with van der Waals surface area (Å²) in [6, 6.07) is 19.7. The number of allylic oxidation sites excluding steroid dienone is 2. The van der Waals surface area contributed by atoms with Crippen LogP contribution in [0.25, 0.3) is 5.76 Å². The molecule has 0 spiro atoms. The number of hydrogen-bond donors (Lipinski definition) is 1. The fraction of sp³-hybridized carbons (Fsp3) is 0.120. The second-order valence-corrected chi connectivity index (χ2v) is 9.62. The van der Waals surface area contributed by atoms with Gasteiger partial charge in [-0.15, -0.1) is 0 Å². The van der Waals surface area contributed by atoms with Gasteiger partial charge in [0, 0.05) is 18.0 Å². The SMILES string of the molecule is COc1cccc(CN2c3ccccc3C3=C([C@H](c4cccnc4)C(C#N)=C(N)O3)S2(=O)=O)c1. The third kappa shape index (κ3) is 3.36. The second-order valence-electron chi connectivity index (χ2n) is 7.78. The second kappa shape index (κ2) is 8.24. The lowest BCUT2D eigenvalue weighted by Crippen LogP contribution is -2.39. The van der Waals surface area contributed by atoms with Crippen LogP contribution in [0.15, 0.2) is 89.4 Å². The Morgan fingerprint density at radius 1 is 1.18 bits per heavy atom. The number of benzene rings is 2. The topological polar surface area (TPSA) is 119 Å². The van der Waals surface area contributed by atoms with Crippen LogP contribution in [0.4, 0.5) is 5.69 Å². The van der Waals surface area contributed by atoms with Gasteiger partial charge in [-0.3, -0.25) is 9.29 Å². The quantitative estimate of drug-likeness (QED) is 0.616. The van der Waals surface area contributed by atoms with Gasteiger partial charge in [-0.25, -0.2) is 8.42 Å². The molecule has 0 saturated carbocycles. The zero-order chi connectivity index (χ0) is 23.9. The molecule has 34 heavy (non-hydrogen) atoms. The smallest absolute Gasteiger partial charge is 0.265 e. The first-order valence-corrected chi connectivity index (χ1v) is 11.9. The van der Waals surface area contributed by atoms with Crippen molar-refractivity contribution >= 4 is 21.5 Å². The lowest BCUT2D eigenvalue weighted by atomic mass is 9.89. The molecule has 9 heteroatoms. The maximum Gasteiger partial charge on any atom is 0.265 e. The number of hydrogen-bond acceptors (Lipinski definition) is 7. The molecule has 5 rings (SSSR count). The first-order chi connectivity index (χ1) is 16.5. The van der Waals surface area contributed by atoms with Gasteiger partial charge in [-0.2, -0.15) is 5.26 Å². The maximum atomic E-state index is 14.2. The zero-order valence-electron chi connectivity index (χ0n) is 18.2. The number of fused-ring (bicyclic) bond motifs is 2. The summed E-state index contributed by atoms with van der Waals surface area (Å²) in [7, 11) is -2.58. The molecule has 3 heterocycles. The van der Waals surface area contributed by atoms with Crippen LogP contribution in [0.5, 0.6) is 5.75 Å². The van der Waals surface area contributed by atoms with E-state index in [0.717, 1.165) is 5.56 Å². The molecule has 1 atom stereocenters. The highest BCUT2D eigenvalue weighted by Gasteiger charge is 2.47. The van der Waals surface area contributed by atoms with E-state index in [2.05, 4.69) is 4.98 Å². The number of aromatic nitrogens is 1. The molecule has 0 radical (unpaired) electrons. The molecule has 0 bridgehead atoms. The van der Waals surface area contributed by atoms with Crippen molar-refractivity contribution in [1.29, 1.82) is 5.26 Å². The Morgan fingerprint density at radius 3 is 2.74 bits per heavy atom. The molecule has 1 aromatic heterocycles. The highest BCUT2D eigenvalue weighted by Crippen LogP contribution is 2.51. The minimum absolute atomic E-state index is 0.0241. The van der Waals surface area contributed by atoms with Crippen molar-refractivity contribution in [3.05, 3.63) is 106 Å². The molecule has 2 aliphatic rings. The number of pyridine rings is 1. The molecule has 2 aliphatic heterocycles. The van der Waals surface area contributed by atoms with Crippen LogP contribution in [0.2, 0.25) is 0 Å². The average molecular weight is 473 g/mol. The third-order valence-electron chi connectivity index (χ3n) is 5.84. The highest BCUT2D eigenvalue weighted by molar-refractivity contribution is 7.96. The van der Waals surface area contributed by atoms with E-state index in [1.165, 1.54) is 10.5 Å². The molecule has 8 nitrogen and oxygen atoms in total. The third-order valence-corrected chi connectivity index (χ3v) is 7.72. The standard InChI is InChI=1S/C25H20N4O4S/c1-32-18-8-4-6-16(12-18)15-29-21-10-3-2-9-19(21)23-24(34(29,30)31)22(17-7-5-11-28-14-17)20(13-26)25(27)33-23/h2-12,14,22H,15,27H2,1H3/t22-/m1/s1.